The zero-order valence-electron chi connectivity index (χ0n) is 24.4. The Bertz CT molecular complexity index is 2760. The van der Waals surface area contributed by atoms with E-state index >= 15 is 0 Å². The molecule has 0 nitrogen and oxygen atoms in total. The Morgan fingerprint density at radius 2 is 0.844 bits per heavy atom. The average Bonchev–Trinajstić information content (AvgIpc) is 3.49. The molecule has 208 valence electrons. The fourth-order valence-electron chi connectivity index (χ4n) is 7.65. The second-order valence-corrected chi connectivity index (χ2v) is 13.1. The Balaban J connectivity index is 1.31. The van der Waals surface area contributed by atoms with Crippen LogP contribution in [0.25, 0.3) is 96.3 Å². The lowest BCUT2D eigenvalue weighted by Crippen LogP contribution is -1.92. The highest BCUT2D eigenvalue weighted by Crippen LogP contribution is 2.48. The summed E-state index contributed by atoms with van der Waals surface area (Å²) >= 11 is 1.91. The molecule has 10 aromatic rings. The van der Waals surface area contributed by atoms with Gasteiger partial charge < -0.3 is 0 Å². The minimum absolute atomic E-state index is 1.26. The van der Waals surface area contributed by atoms with Crippen molar-refractivity contribution in [3.05, 3.63) is 158 Å². The van der Waals surface area contributed by atoms with Crippen molar-refractivity contribution in [3.63, 3.8) is 0 Å². The maximum Gasteiger partial charge on any atom is 0.0433 e. The zero-order chi connectivity index (χ0) is 29.5. The molecule has 0 unspecified atom stereocenters. The van der Waals surface area contributed by atoms with Crippen LogP contribution in [0.1, 0.15) is 0 Å². The molecule has 0 fully saturated rings. The van der Waals surface area contributed by atoms with Gasteiger partial charge in [0.1, 0.15) is 0 Å². The molecule has 0 amide bonds. The van der Waals surface area contributed by atoms with Gasteiger partial charge in [-0.25, -0.2) is 0 Å². The SMILES string of the molecule is c1ccc2c(c1)cc(-c1c3ccccc3c(-c3ccc4c(c3)sc3c5ccccc5ccc43)c3ccccc13)c1ccccc12. The lowest BCUT2D eigenvalue weighted by molar-refractivity contribution is 1.70. The van der Waals surface area contributed by atoms with Gasteiger partial charge in [-0.15, -0.1) is 11.3 Å². The molecule has 0 N–H and O–H groups in total. The van der Waals surface area contributed by atoms with Gasteiger partial charge in [-0.1, -0.05) is 146 Å². The van der Waals surface area contributed by atoms with Crippen molar-refractivity contribution in [2.24, 2.45) is 0 Å². The normalized spacial score (nSPS) is 12.0. The number of thiophene rings is 1. The molecule has 1 aromatic heterocycles. The van der Waals surface area contributed by atoms with Crippen molar-refractivity contribution >= 4 is 85.4 Å². The van der Waals surface area contributed by atoms with Gasteiger partial charge in [0.05, 0.1) is 0 Å². The molecule has 1 heteroatoms. The van der Waals surface area contributed by atoms with Crippen molar-refractivity contribution in [1.29, 1.82) is 0 Å². The van der Waals surface area contributed by atoms with Crippen LogP contribution in [0.2, 0.25) is 0 Å². The molecule has 9 aromatic carbocycles. The maximum absolute atomic E-state index is 2.42. The van der Waals surface area contributed by atoms with Crippen molar-refractivity contribution in [2.75, 3.05) is 0 Å². The van der Waals surface area contributed by atoms with E-state index in [-0.39, 0.29) is 0 Å². The van der Waals surface area contributed by atoms with Crippen molar-refractivity contribution in [2.45, 2.75) is 0 Å². The van der Waals surface area contributed by atoms with Gasteiger partial charge in [0.2, 0.25) is 0 Å². The summed E-state index contributed by atoms with van der Waals surface area (Å²) in [7, 11) is 0. The van der Waals surface area contributed by atoms with E-state index in [0.717, 1.165) is 0 Å². The fourth-order valence-corrected chi connectivity index (χ4v) is 8.93. The second-order valence-electron chi connectivity index (χ2n) is 12.0. The van der Waals surface area contributed by atoms with Gasteiger partial charge in [-0.05, 0) is 88.2 Å². The van der Waals surface area contributed by atoms with Gasteiger partial charge in [0, 0.05) is 20.2 Å². The third kappa shape index (κ3) is 3.59. The van der Waals surface area contributed by atoms with Crippen LogP contribution in [-0.4, -0.2) is 0 Å². The van der Waals surface area contributed by atoms with E-state index in [9.17, 15) is 0 Å². The smallest absolute Gasteiger partial charge is 0.0433 e. The zero-order valence-corrected chi connectivity index (χ0v) is 25.2. The highest BCUT2D eigenvalue weighted by atomic mass is 32.1. The van der Waals surface area contributed by atoms with Crippen LogP contribution < -0.4 is 0 Å². The van der Waals surface area contributed by atoms with Gasteiger partial charge in [0.25, 0.3) is 0 Å². The van der Waals surface area contributed by atoms with E-state index in [1.807, 2.05) is 11.3 Å². The third-order valence-electron chi connectivity index (χ3n) is 9.62. The predicted octanol–water partition coefficient (Wildman–Crippen LogP) is 13.2. The van der Waals surface area contributed by atoms with E-state index in [1.54, 1.807) is 0 Å². The molecule has 0 saturated heterocycles. The van der Waals surface area contributed by atoms with Crippen molar-refractivity contribution in [1.82, 2.24) is 0 Å². The summed E-state index contributed by atoms with van der Waals surface area (Å²) in [5.41, 5.74) is 5.16. The molecular formula is C44H26S. The number of benzene rings is 9. The van der Waals surface area contributed by atoms with E-state index in [1.165, 1.54) is 96.3 Å². The molecule has 0 aliphatic carbocycles. The lowest BCUT2D eigenvalue weighted by atomic mass is 9.84. The minimum atomic E-state index is 1.26. The minimum Gasteiger partial charge on any atom is -0.135 e. The van der Waals surface area contributed by atoms with Crippen LogP contribution in [0.15, 0.2) is 158 Å². The summed E-state index contributed by atoms with van der Waals surface area (Å²) in [5, 5.41) is 15.6. The molecule has 0 spiro atoms. The molecule has 0 saturated carbocycles. The molecule has 45 heavy (non-hydrogen) atoms. The van der Waals surface area contributed by atoms with Crippen LogP contribution in [0.4, 0.5) is 0 Å². The standard InChI is InChI=1S/C44H26S/c1-4-14-31-27(11-1)21-24-39-34-23-22-29(26-41(34)45-44(31)39)42-35-17-7-9-19-37(35)43(38-20-10-8-18-36(38)42)40-25-28-12-2-3-13-30(28)32-15-5-6-16-33(32)40/h1-26H. The Hall–Kier alpha value is -5.50. The topological polar surface area (TPSA) is 0 Å². The molecule has 1 heterocycles. The molecule has 0 atom stereocenters. The Labute approximate surface area is 264 Å². The molecule has 0 aliphatic heterocycles. The first kappa shape index (κ1) is 24.9. The summed E-state index contributed by atoms with van der Waals surface area (Å²) in [6, 6.07) is 58.5. The van der Waals surface area contributed by atoms with E-state index in [2.05, 4.69) is 158 Å². The lowest BCUT2D eigenvalue weighted by Gasteiger charge is -2.19. The summed E-state index contributed by atoms with van der Waals surface area (Å²) in [6.07, 6.45) is 0. The molecular weight excluding hydrogens is 561 g/mol. The number of hydrogen-bond acceptors (Lipinski definition) is 1. The number of fused-ring (bicyclic) bond motifs is 10. The first-order valence-electron chi connectivity index (χ1n) is 15.5. The first-order valence-corrected chi connectivity index (χ1v) is 16.3. The maximum atomic E-state index is 2.42. The molecule has 0 aliphatic rings. The van der Waals surface area contributed by atoms with Crippen molar-refractivity contribution in [3.8, 4) is 22.3 Å². The van der Waals surface area contributed by atoms with E-state index < -0.39 is 0 Å². The molecule has 10 rings (SSSR count). The molecule has 0 bridgehead atoms. The van der Waals surface area contributed by atoms with Gasteiger partial charge >= 0.3 is 0 Å². The second kappa shape index (κ2) is 9.50. The van der Waals surface area contributed by atoms with Crippen molar-refractivity contribution < 1.29 is 0 Å². The Morgan fingerprint density at radius 1 is 0.311 bits per heavy atom. The van der Waals surface area contributed by atoms with Crippen LogP contribution in [0, 0.1) is 0 Å². The quantitative estimate of drug-likeness (QED) is 0.140. The molecule has 0 radical (unpaired) electrons. The van der Waals surface area contributed by atoms with Crippen LogP contribution >= 0.6 is 11.3 Å². The number of hydrogen-bond donors (Lipinski definition) is 0. The predicted molar refractivity (Wildman–Crippen MR) is 198 cm³/mol. The van der Waals surface area contributed by atoms with Crippen LogP contribution in [0.5, 0.6) is 0 Å². The summed E-state index contributed by atoms with van der Waals surface area (Å²) < 4.78 is 2.70. The highest BCUT2D eigenvalue weighted by molar-refractivity contribution is 7.26. The van der Waals surface area contributed by atoms with E-state index in [0.29, 0.717) is 0 Å². The van der Waals surface area contributed by atoms with E-state index in [4.69, 9.17) is 0 Å². The van der Waals surface area contributed by atoms with Gasteiger partial charge in [0.15, 0.2) is 0 Å². The monoisotopic (exact) mass is 586 g/mol. The van der Waals surface area contributed by atoms with Gasteiger partial charge in [-0.3, -0.25) is 0 Å². The Morgan fingerprint density at radius 3 is 1.56 bits per heavy atom. The third-order valence-corrected chi connectivity index (χ3v) is 10.8. The average molecular weight is 587 g/mol. The highest BCUT2D eigenvalue weighted by Gasteiger charge is 2.19. The number of rotatable bonds is 2. The summed E-state index contributed by atoms with van der Waals surface area (Å²) in [4.78, 5) is 0. The largest absolute Gasteiger partial charge is 0.135 e. The summed E-state index contributed by atoms with van der Waals surface area (Å²) in [6.45, 7) is 0. The van der Waals surface area contributed by atoms with Gasteiger partial charge in [-0.2, -0.15) is 0 Å². The van der Waals surface area contributed by atoms with Crippen LogP contribution in [-0.2, 0) is 0 Å². The summed E-state index contributed by atoms with van der Waals surface area (Å²) in [5.74, 6) is 0. The van der Waals surface area contributed by atoms with Crippen LogP contribution in [0.3, 0.4) is 0 Å². The first-order chi connectivity index (χ1) is 22.3. The Kier molecular flexibility index (Phi) is 5.25. The fraction of sp³-hybridized carbons (Fsp3) is 0.